The second kappa shape index (κ2) is 8.84. The Kier molecular flexibility index (Phi) is 6.46. The molecule has 0 N–H and O–H groups in total. The van der Waals surface area contributed by atoms with Crippen molar-refractivity contribution < 1.29 is 13.6 Å². The number of aromatic nitrogens is 1. The third-order valence-corrected chi connectivity index (χ3v) is 6.70. The average Bonchev–Trinajstić information content (AvgIpc) is 3.12. The van der Waals surface area contributed by atoms with E-state index in [2.05, 4.69) is 4.98 Å². The second-order valence-electron chi connectivity index (χ2n) is 6.51. The molecular weight excluding hydrogens is 398 g/mol. The largest absolute Gasteiger partial charge is 0.335 e. The van der Waals surface area contributed by atoms with Crippen molar-refractivity contribution in [3.63, 3.8) is 0 Å². The van der Waals surface area contributed by atoms with Crippen LogP contribution in [0, 0.1) is 18.6 Å². The molecule has 28 heavy (non-hydrogen) atoms. The highest BCUT2D eigenvalue weighted by atomic mass is 32.2. The Morgan fingerprint density at radius 2 is 1.89 bits per heavy atom. The summed E-state index contributed by atoms with van der Waals surface area (Å²) in [7, 11) is 1.66. The van der Waals surface area contributed by atoms with Gasteiger partial charge in [-0.05, 0) is 49.2 Å². The molecular formula is C21H20F2N2OS2. The number of benzene rings is 2. The molecule has 3 aromatic rings. The molecule has 0 saturated heterocycles. The molecule has 7 heteroatoms. The first-order valence-corrected chi connectivity index (χ1v) is 10.6. The van der Waals surface area contributed by atoms with Crippen LogP contribution in [0.3, 0.4) is 0 Å². The number of nitrogens with zero attached hydrogens (tertiary/aromatic N) is 2. The molecule has 0 radical (unpaired) electrons. The van der Waals surface area contributed by atoms with Crippen LogP contribution >= 0.6 is 23.1 Å². The molecule has 146 valence electrons. The van der Waals surface area contributed by atoms with Gasteiger partial charge >= 0.3 is 0 Å². The molecule has 3 rings (SSSR count). The molecule has 1 atom stereocenters. The fraction of sp³-hybridized carbons (Fsp3) is 0.238. The summed E-state index contributed by atoms with van der Waals surface area (Å²) in [5.41, 5.74) is 3.22. The van der Waals surface area contributed by atoms with Crippen LogP contribution in [0.15, 0.2) is 52.2 Å². The van der Waals surface area contributed by atoms with Gasteiger partial charge in [-0.1, -0.05) is 30.0 Å². The van der Waals surface area contributed by atoms with Gasteiger partial charge in [0.25, 0.3) is 5.91 Å². The SMILES string of the molecule is Cc1csc(SCc2ccc(C(=O)N(C)C(C)c3ccc(F)c(F)c3)cc2)n1. The van der Waals surface area contributed by atoms with E-state index in [0.29, 0.717) is 11.1 Å². The molecule has 1 aromatic heterocycles. The Labute approximate surface area is 171 Å². The number of hydrogen-bond acceptors (Lipinski definition) is 4. The summed E-state index contributed by atoms with van der Waals surface area (Å²) in [6.07, 6.45) is 0. The van der Waals surface area contributed by atoms with Gasteiger partial charge in [-0.25, -0.2) is 13.8 Å². The number of amides is 1. The third kappa shape index (κ3) is 4.77. The van der Waals surface area contributed by atoms with Gasteiger partial charge in [0.15, 0.2) is 11.6 Å². The van der Waals surface area contributed by atoms with Crippen molar-refractivity contribution in [3.05, 3.63) is 81.9 Å². The Balaban J connectivity index is 1.65. The molecule has 0 spiro atoms. The first kappa shape index (κ1) is 20.5. The van der Waals surface area contributed by atoms with E-state index in [4.69, 9.17) is 0 Å². The monoisotopic (exact) mass is 418 g/mol. The summed E-state index contributed by atoms with van der Waals surface area (Å²) in [5, 5.41) is 2.02. The van der Waals surface area contributed by atoms with Crippen molar-refractivity contribution in [1.82, 2.24) is 9.88 Å². The first-order chi connectivity index (χ1) is 13.3. The van der Waals surface area contributed by atoms with E-state index in [-0.39, 0.29) is 11.9 Å². The highest BCUT2D eigenvalue weighted by Crippen LogP contribution is 2.27. The normalized spacial score (nSPS) is 12.0. The van der Waals surface area contributed by atoms with Crippen LogP contribution in [0.25, 0.3) is 0 Å². The zero-order chi connectivity index (χ0) is 20.3. The van der Waals surface area contributed by atoms with Crippen molar-refractivity contribution in [3.8, 4) is 0 Å². The van der Waals surface area contributed by atoms with Crippen molar-refractivity contribution in [2.75, 3.05) is 7.05 Å². The number of carbonyl (C=O) groups excluding carboxylic acids is 1. The minimum Gasteiger partial charge on any atom is -0.335 e. The summed E-state index contributed by atoms with van der Waals surface area (Å²) in [5.74, 6) is -1.21. The fourth-order valence-electron chi connectivity index (χ4n) is 2.66. The minimum absolute atomic E-state index is 0.174. The molecule has 0 aliphatic carbocycles. The molecule has 2 aromatic carbocycles. The van der Waals surface area contributed by atoms with Gasteiger partial charge in [0.05, 0.1) is 6.04 Å². The van der Waals surface area contributed by atoms with Crippen LogP contribution in [-0.4, -0.2) is 22.8 Å². The lowest BCUT2D eigenvalue weighted by molar-refractivity contribution is 0.0742. The van der Waals surface area contributed by atoms with Crippen LogP contribution in [0.1, 0.15) is 40.1 Å². The number of halogens is 2. The van der Waals surface area contributed by atoms with Gasteiger partial charge < -0.3 is 4.90 Å². The predicted molar refractivity (Wildman–Crippen MR) is 110 cm³/mol. The molecule has 0 bridgehead atoms. The lowest BCUT2D eigenvalue weighted by Crippen LogP contribution is -2.29. The van der Waals surface area contributed by atoms with Crippen LogP contribution in [0.4, 0.5) is 8.78 Å². The van der Waals surface area contributed by atoms with E-state index >= 15 is 0 Å². The number of thioether (sulfide) groups is 1. The number of aryl methyl sites for hydroxylation is 1. The molecule has 1 unspecified atom stereocenters. The highest BCUT2D eigenvalue weighted by Gasteiger charge is 2.20. The summed E-state index contributed by atoms with van der Waals surface area (Å²) in [6.45, 7) is 3.75. The summed E-state index contributed by atoms with van der Waals surface area (Å²) < 4.78 is 27.6. The maximum Gasteiger partial charge on any atom is 0.254 e. The van der Waals surface area contributed by atoms with E-state index in [0.717, 1.165) is 33.5 Å². The highest BCUT2D eigenvalue weighted by molar-refractivity contribution is 8.00. The molecule has 0 aliphatic rings. The average molecular weight is 419 g/mol. The van der Waals surface area contributed by atoms with Crippen LogP contribution in [0.2, 0.25) is 0 Å². The number of carbonyl (C=O) groups is 1. The number of thiazole rings is 1. The van der Waals surface area contributed by atoms with Gasteiger partial charge in [-0.2, -0.15) is 0 Å². The number of rotatable bonds is 6. The lowest BCUT2D eigenvalue weighted by Gasteiger charge is -2.25. The summed E-state index contributed by atoms with van der Waals surface area (Å²) >= 11 is 3.29. The quantitative estimate of drug-likeness (QED) is 0.471. The standard InChI is InChI=1S/C21H20F2N2OS2/c1-13-11-27-21(24-13)28-12-15-4-6-16(7-5-15)20(26)25(3)14(2)17-8-9-18(22)19(23)10-17/h4-11,14H,12H2,1-3H3. The van der Waals surface area contributed by atoms with Gasteiger partial charge in [0.1, 0.15) is 4.34 Å². The predicted octanol–water partition coefficient (Wildman–Crippen LogP) is 5.86. The van der Waals surface area contributed by atoms with E-state index < -0.39 is 11.6 Å². The Morgan fingerprint density at radius 3 is 2.50 bits per heavy atom. The zero-order valence-corrected chi connectivity index (χ0v) is 17.4. The molecule has 3 nitrogen and oxygen atoms in total. The molecule has 1 heterocycles. The van der Waals surface area contributed by atoms with Gasteiger partial charge in [0, 0.05) is 29.4 Å². The molecule has 0 fully saturated rings. The minimum atomic E-state index is -0.914. The maximum atomic E-state index is 13.5. The van der Waals surface area contributed by atoms with Gasteiger partial charge in [-0.15, -0.1) is 11.3 Å². The third-order valence-electron chi connectivity index (χ3n) is 4.49. The van der Waals surface area contributed by atoms with Crippen molar-refractivity contribution in [2.45, 2.75) is 30.0 Å². The van der Waals surface area contributed by atoms with Crippen LogP contribution in [0.5, 0.6) is 0 Å². The van der Waals surface area contributed by atoms with E-state index in [9.17, 15) is 13.6 Å². The smallest absolute Gasteiger partial charge is 0.254 e. The lowest BCUT2D eigenvalue weighted by atomic mass is 10.1. The van der Waals surface area contributed by atoms with Crippen molar-refractivity contribution in [2.24, 2.45) is 0 Å². The van der Waals surface area contributed by atoms with Gasteiger partial charge in [-0.3, -0.25) is 4.79 Å². The molecule has 0 saturated carbocycles. The van der Waals surface area contributed by atoms with Crippen LogP contribution in [-0.2, 0) is 5.75 Å². The van der Waals surface area contributed by atoms with Crippen molar-refractivity contribution >= 4 is 29.0 Å². The zero-order valence-electron chi connectivity index (χ0n) is 15.8. The topological polar surface area (TPSA) is 33.2 Å². The number of hydrogen-bond donors (Lipinski definition) is 0. The van der Waals surface area contributed by atoms with E-state index in [1.54, 1.807) is 49.2 Å². The van der Waals surface area contributed by atoms with Crippen LogP contribution < -0.4 is 0 Å². The summed E-state index contributed by atoms with van der Waals surface area (Å²) in [4.78, 5) is 18.7. The van der Waals surface area contributed by atoms with E-state index in [1.807, 2.05) is 24.4 Å². The first-order valence-electron chi connectivity index (χ1n) is 8.71. The maximum absolute atomic E-state index is 13.5. The second-order valence-corrected chi connectivity index (χ2v) is 8.59. The summed E-state index contributed by atoms with van der Waals surface area (Å²) in [6, 6.07) is 10.8. The molecule has 0 aliphatic heterocycles. The Bertz CT molecular complexity index is 973. The van der Waals surface area contributed by atoms with Crippen molar-refractivity contribution in [1.29, 1.82) is 0 Å². The fourth-order valence-corrected chi connectivity index (χ4v) is 4.47. The Hall–Kier alpha value is -2.25. The van der Waals surface area contributed by atoms with Gasteiger partial charge in [0.2, 0.25) is 0 Å². The van der Waals surface area contributed by atoms with E-state index in [1.165, 1.54) is 11.0 Å². The molecule has 1 amide bonds. The Morgan fingerprint density at radius 1 is 1.18 bits per heavy atom.